The van der Waals surface area contributed by atoms with Crippen molar-refractivity contribution < 1.29 is 13.9 Å². The largest absolute Gasteiger partial charge is 0.481 e. The van der Waals surface area contributed by atoms with Crippen LogP contribution in [0.25, 0.3) is 0 Å². The van der Waals surface area contributed by atoms with Crippen molar-refractivity contribution in [3.8, 4) is 5.75 Å². The Bertz CT molecular complexity index is 709. The number of ether oxygens (including phenoxy) is 1. The van der Waals surface area contributed by atoms with Crippen molar-refractivity contribution in [2.45, 2.75) is 52.1 Å². The summed E-state index contributed by atoms with van der Waals surface area (Å²) in [7, 11) is 0. The SMILES string of the molecule is C[C@H](Oc1ccc2c(c1)CCC2=O)c1ncc(C(C)(C)C)o1. The molecule has 0 amide bonds. The zero-order valence-electron chi connectivity index (χ0n) is 13.5. The summed E-state index contributed by atoms with van der Waals surface area (Å²) in [6.45, 7) is 8.16. The fraction of sp³-hybridized carbons (Fsp3) is 0.444. The maximum absolute atomic E-state index is 11.7. The van der Waals surface area contributed by atoms with Crippen molar-refractivity contribution >= 4 is 5.78 Å². The van der Waals surface area contributed by atoms with E-state index in [0.29, 0.717) is 12.3 Å². The van der Waals surface area contributed by atoms with Gasteiger partial charge in [0.1, 0.15) is 11.5 Å². The summed E-state index contributed by atoms with van der Waals surface area (Å²) >= 11 is 0. The number of aryl methyl sites for hydroxylation is 1. The number of benzene rings is 1. The average Bonchev–Trinajstić information content (AvgIpc) is 3.06. The second kappa shape index (κ2) is 5.27. The van der Waals surface area contributed by atoms with Gasteiger partial charge < -0.3 is 9.15 Å². The van der Waals surface area contributed by atoms with Gasteiger partial charge in [0.2, 0.25) is 5.89 Å². The Balaban J connectivity index is 1.76. The van der Waals surface area contributed by atoms with Crippen LogP contribution in [-0.2, 0) is 11.8 Å². The third kappa shape index (κ3) is 2.78. The number of carbonyl (C=O) groups is 1. The van der Waals surface area contributed by atoms with E-state index < -0.39 is 0 Å². The van der Waals surface area contributed by atoms with Crippen LogP contribution < -0.4 is 4.74 Å². The van der Waals surface area contributed by atoms with Crippen LogP contribution in [0.4, 0.5) is 0 Å². The smallest absolute Gasteiger partial charge is 0.235 e. The lowest BCUT2D eigenvalue weighted by atomic mass is 9.94. The highest BCUT2D eigenvalue weighted by Crippen LogP contribution is 2.30. The van der Waals surface area contributed by atoms with Crippen LogP contribution in [0.2, 0.25) is 0 Å². The summed E-state index contributed by atoms with van der Waals surface area (Å²) in [5, 5.41) is 0. The summed E-state index contributed by atoms with van der Waals surface area (Å²) in [4.78, 5) is 16.0. The Hall–Kier alpha value is -2.10. The van der Waals surface area contributed by atoms with Gasteiger partial charge in [0.15, 0.2) is 11.9 Å². The molecule has 22 heavy (non-hydrogen) atoms. The number of nitrogens with zero attached hydrogens (tertiary/aromatic N) is 1. The van der Waals surface area contributed by atoms with Gasteiger partial charge >= 0.3 is 0 Å². The highest BCUT2D eigenvalue weighted by Gasteiger charge is 2.23. The van der Waals surface area contributed by atoms with E-state index in [9.17, 15) is 4.79 Å². The second-order valence-electron chi connectivity index (χ2n) is 6.81. The zero-order chi connectivity index (χ0) is 15.9. The Labute approximate surface area is 130 Å². The Morgan fingerprint density at radius 3 is 2.73 bits per heavy atom. The average molecular weight is 299 g/mol. The Morgan fingerprint density at radius 2 is 2.05 bits per heavy atom. The van der Waals surface area contributed by atoms with E-state index in [1.54, 1.807) is 6.20 Å². The van der Waals surface area contributed by atoms with Crippen molar-refractivity contribution in [2.75, 3.05) is 0 Å². The fourth-order valence-corrected chi connectivity index (χ4v) is 2.58. The quantitative estimate of drug-likeness (QED) is 0.850. The van der Waals surface area contributed by atoms with E-state index in [-0.39, 0.29) is 17.3 Å². The van der Waals surface area contributed by atoms with Crippen LogP contribution in [0.5, 0.6) is 5.75 Å². The number of rotatable bonds is 3. The predicted octanol–water partition coefficient (Wildman–Crippen LogP) is 4.24. The minimum absolute atomic E-state index is 0.0705. The molecule has 0 spiro atoms. The van der Waals surface area contributed by atoms with E-state index in [0.717, 1.165) is 29.1 Å². The van der Waals surface area contributed by atoms with Gasteiger partial charge in [-0.05, 0) is 37.1 Å². The van der Waals surface area contributed by atoms with E-state index in [1.807, 2.05) is 25.1 Å². The molecule has 4 nitrogen and oxygen atoms in total. The van der Waals surface area contributed by atoms with Gasteiger partial charge in [-0.15, -0.1) is 0 Å². The van der Waals surface area contributed by atoms with Crippen molar-refractivity contribution in [3.05, 3.63) is 47.2 Å². The van der Waals surface area contributed by atoms with Crippen molar-refractivity contribution in [1.82, 2.24) is 4.98 Å². The first-order valence-corrected chi connectivity index (χ1v) is 7.63. The molecule has 0 saturated heterocycles. The molecule has 4 heteroatoms. The molecule has 1 atom stereocenters. The number of oxazole rings is 1. The van der Waals surface area contributed by atoms with Crippen LogP contribution in [0, 0.1) is 0 Å². The Morgan fingerprint density at radius 1 is 1.27 bits per heavy atom. The minimum Gasteiger partial charge on any atom is -0.481 e. The third-order valence-corrected chi connectivity index (χ3v) is 3.92. The molecule has 1 aliphatic carbocycles. The lowest BCUT2D eigenvalue weighted by Crippen LogP contribution is -2.09. The maximum atomic E-state index is 11.7. The molecule has 0 saturated carbocycles. The molecule has 0 unspecified atom stereocenters. The molecule has 116 valence electrons. The summed E-state index contributed by atoms with van der Waals surface area (Å²) in [5.41, 5.74) is 1.82. The first-order valence-electron chi connectivity index (χ1n) is 7.63. The summed E-state index contributed by atoms with van der Waals surface area (Å²) in [6.07, 6.45) is 2.89. The molecule has 0 aliphatic heterocycles. The van der Waals surface area contributed by atoms with Gasteiger partial charge in [-0.1, -0.05) is 20.8 Å². The highest BCUT2D eigenvalue weighted by molar-refractivity contribution is 6.00. The van der Waals surface area contributed by atoms with Gasteiger partial charge in [0, 0.05) is 17.4 Å². The molecule has 1 heterocycles. The first-order chi connectivity index (χ1) is 10.3. The lowest BCUT2D eigenvalue weighted by Gasteiger charge is -2.15. The molecular weight excluding hydrogens is 278 g/mol. The van der Waals surface area contributed by atoms with E-state index in [1.165, 1.54) is 0 Å². The van der Waals surface area contributed by atoms with Gasteiger partial charge in [-0.25, -0.2) is 4.98 Å². The molecule has 2 aromatic rings. The van der Waals surface area contributed by atoms with Gasteiger partial charge in [-0.2, -0.15) is 0 Å². The number of aromatic nitrogens is 1. The van der Waals surface area contributed by atoms with Gasteiger partial charge in [0.05, 0.1) is 6.20 Å². The molecule has 1 aromatic carbocycles. The number of hydrogen-bond acceptors (Lipinski definition) is 4. The summed E-state index contributed by atoms with van der Waals surface area (Å²) in [6, 6.07) is 5.64. The molecule has 0 N–H and O–H groups in total. The molecular formula is C18H21NO3. The molecule has 1 aromatic heterocycles. The number of hydrogen-bond donors (Lipinski definition) is 0. The number of carbonyl (C=O) groups excluding carboxylic acids is 1. The van der Waals surface area contributed by atoms with Crippen LogP contribution >= 0.6 is 0 Å². The summed E-state index contributed by atoms with van der Waals surface area (Å²) in [5.74, 6) is 2.38. The fourth-order valence-electron chi connectivity index (χ4n) is 2.58. The third-order valence-electron chi connectivity index (χ3n) is 3.92. The van der Waals surface area contributed by atoms with Crippen LogP contribution in [0.1, 0.15) is 67.8 Å². The highest BCUT2D eigenvalue weighted by atomic mass is 16.5. The number of ketones is 1. The lowest BCUT2D eigenvalue weighted by molar-refractivity contribution is 0.0994. The standard InChI is InChI=1S/C18H21NO3/c1-11(17-19-10-16(22-17)18(2,3)4)21-13-6-7-14-12(9-13)5-8-15(14)20/h6-7,9-11H,5,8H2,1-4H3/t11-/m0/s1. The second-order valence-corrected chi connectivity index (χ2v) is 6.81. The van der Waals surface area contributed by atoms with Crippen LogP contribution in [0.15, 0.2) is 28.8 Å². The van der Waals surface area contributed by atoms with E-state index >= 15 is 0 Å². The monoisotopic (exact) mass is 299 g/mol. The first kappa shape index (κ1) is 14.8. The molecule has 0 fully saturated rings. The predicted molar refractivity (Wildman–Crippen MR) is 83.3 cm³/mol. The van der Waals surface area contributed by atoms with Crippen LogP contribution in [-0.4, -0.2) is 10.8 Å². The molecule has 1 aliphatic rings. The van der Waals surface area contributed by atoms with Gasteiger partial charge in [-0.3, -0.25) is 4.79 Å². The van der Waals surface area contributed by atoms with E-state index in [4.69, 9.17) is 9.15 Å². The van der Waals surface area contributed by atoms with Crippen LogP contribution in [0.3, 0.4) is 0 Å². The molecule has 0 bridgehead atoms. The van der Waals surface area contributed by atoms with E-state index in [2.05, 4.69) is 25.8 Å². The molecule has 0 radical (unpaired) electrons. The zero-order valence-corrected chi connectivity index (χ0v) is 13.5. The minimum atomic E-state index is -0.272. The topological polar surface area (TPSA) is 52.3 Å². The normalized spacial score (nSPS) is 15.7. The Kier molecular flexibility index (Phi) is 3.55. The number of fused-ring (bicyclic) bond motifs is 1. The maximum Gasteiger partial charge on any atom is 0.235 e. The number of Topliss-reactive ketones (excluding diaryl/α,β-unsaturated/α-hetero) is 1. The summed E-state index contributed by atoms with van der Waals surface area (Å²) < 4.78 is 11.7. The van der Waals surface area contributed by atoms with Crippen molar-refractivity contribution in [1.29, 1.82) is 0 Å². The molecule has 3 rings (SSSR count). The van der Waals surface area contributed by atoms with Crippen molar-refractivity contribution in [2.24, 2.45) is 0 Å². The van der Waals surface area contributed by atoms with Crippen molar-refractivity contribution in [3.63, 3.8) is 0 Å². The van der Waals surface area contributed by atoms with Gasteiger partial charge in [0.25, 0.3) is 0 Å².